The molecule has 0 spiro atoms. The summed E-state index contributed by atoms with van der Waals surface area (Å²) in [6, 6.07) is 10.9. The van der Waals surface area contributed by atoms with E-state index in [1.165, 1.54) is 5.56 Å². The fourth-order valence-corrected chi connectivity index (χ4v) is 3.50. The van der Waals surface area contributed by atoms with Gasteiger partial charge in [0.15, 0.2) is 5.96 Å². The van der Waals surface area contributed by atoms with E-state index in [0.717, 1.165) is 44.5 Å². The Morgan fingerprint density at radius 2 is 1.89 bits per heavy atom. The van der Waals surface area contributed by atoms with Gasteiger partial charge in [-0.05, 0) is 37.7 Å². The van der Waals surface area contributed by atoms with Gasteiger partial charge in [-0.3, -0.25) is 9.79 Å². The molecule has 2 aliphatic carbocycles. The number of hydrogen-bond donors (Lipinski definition) is 3. The van der Waals surface area contributed by atoms with Crippen LogP contribution >= 0.6 is 24.0 Å². The molecule has 28 heavy (non-hydrogen) atoms. The third-order valence-electron chi connectivity index (χ3n) is 5.18. The molecule has 2 fully saturated rings. The van der Waals surface area contributed by atoms with Crippen LogP contribution in [0.1, 0.15) is 44.1 Å². The van der Waals surface area contributed by atoms with Gasteiger partial charge in [0.05, 0.1) is 13.2 Å². The van der Waals surface area contributed by atoms with Crippen molar-refractivity contribution in [3.8, 4) is 0 Å². The molecular formula is C21H33IN4O2. The van der Waals surface area contributed by atoms with Crippen LogP contribution in [0.3, 0.4) is 0 Å². The quantitative estimate of drug-likeness (QED) is 0.222. The van der Waals surface area contributed by atoms with E-state index in [1.807, 2.05) is 18.2 Å². The molecule has 0 saturated heterocycles. The predicted octanol–water partition coefficient (Wildman–Crippen LogP) is 2.82. The van der Waals surface area contributed by atoms with Crippen LogP contribution in [0.2, 0.25) is 0 Å². The van der Waals surface area contributed by atoms with Crippen LogP contribution in [0, 0.1) is 5.92 Å². The van der Waals surface area contributed by atoms with Crippen LogP contribution in [-0.4, -0.2) is 44.1 Å². The Balaban J connectivity index is 0.00000280. The lowest BCUT2D eigenvalue weighted by atomic mass is 9.85. The maximum atomic E-state index is 12.3. The van der Waals surface area contributed by atoms with Crippen molar-refractivity contribution in [1.29, 1.82) is 0 Å². The first-order valence-electron chi connectivity index (χ1n) is 10.1. The fraction of sp³-hybridized carbons (Fsp3) is 0.619. The van der Waals surface area contributed by atoms with E-state index >= 15 is 0 Å². The van der Waals surface area contributed by atoms with Gasteiger partial charge in [-0.25, -0.2) is 0 Å². The first kappa shape index (κ1) is 22.9. The van der Waals surface area contributed by atoms with Crippen LogP contribution in [-0.2, 0) is 16.1 Å². The maximum absolute atomic E-state index is 12.3. The zero-order chi connectivity index (χ0) is 18.9. The van der Waals surface area contributed by atoms with E-state index in [2.05, 4.69) is 33.1 Å². The number of rotatable bonds is 8. The Kier molecular flexibility index (Phi) is 10.0. The summed E-state index contributed by atoms with van der Waals surface area (Å²) in [6.07, 6.45) is 6.32. The van der Waals surface area contributed by atoms with Crippen LogP contribution in [0.25, 0.3) is 0 Å². The van der Waals surface area contributed by atoms with Gasteiger partial charge >= 0.3 is 0 Å². The highest BCUT2D eigenvalue weighted by molar-refractivity contribution is 14.0. The van der Waals surface area contributed by atoms with Gasteiger partial charge < -0.3 is 20.7 Å². The summed E-state index contributed by atoms with van der Waals surface area (Å²) < 4.78 is 5.70. The van der Waals surface area contributed by atoms with Gasteiger partial charge in [-0.1, -0.05) is 36.8 Å². The fourth-order valence-electron chi connectivity index (χ4n) is 3.50. The third kappa shape index (κ3) is 7.95. The standard InChI is InChI=1S/C21H32N4O2.HI/c1-22-21(23-12-13-27-15-16-6-3-2-4-7-16)25-19-9-5-8-17(14-19)20(26)24-18-10-11-18;/h2-4,6-7,17-19H,5,8-15H2,1H3,(H,24,26)(H2,22,23,25);1H. The molecule has 2 atom stereocenters. The highest BCUT2D eigenvalue weighted by Crippen LogP contribution is 2.26. The molecule has 1 aromatic rings. The average Bonchev–Trinajstić information content (AvgIpc) is 3.52. The molecule has 3 rings (SSSR count). The van der Waals surface area contributed by atoms with Crippen LogP contribution in [0.15, 0.2) is 35.3 Å². The van der Waals surface area contributed by atoms with E-state index in [0.29, 0.717) is 31.8 Å². The molecular weight excluding hydrogens is 467 g/mol. The summed E-state index contributed by atoms with van der Waals surface area (Å²) in [6.45, 7) is 1.94. The second-order valence-corrected chi connectivity index (χ2v) is 7.52. The average molecular weight is 500 g/mol. The Bertz CT molecular complexity index is 622. The zero-order valence-electron chi connectivity index (χ0n) is 16.7. The molecule has 7 heteroatoms. The number of nitrogens with zero attached hydrogens (tertiary/aromatic N) is 1. The van der Waals surface area contributed by atoms with Gasteiger partial charge in [0.25, 0.3) is 0 Å². The number of carbonyl (C=O) groups is 1. The van der Waals surface area contributed by atoms with Gasteiger partial charge in [0.1, 0.15) is 0 Å². The van der Waals surface area contributed by atoms with Crippen molar-refractivity contribution in [3.05, 3.63) is 35.9 Å². The highest BCUT2D eigenvalue weighted by Gasteiger charge is 2.31. The smallest absolute Gasteiger partial charge is 0.223 e. The van der Waals surface area contributed by atoms with Gasteiger partial charge in [-0.2, -0.15) is 0 Å². The predicted molar refractivity (Wildman–Crippen MR) is 123 cm³/mol. The van der Waals surface area contributed by atoms with Crippen molar-refractivity contribution in [2.75, 3.05) is 20.2 Å². The lowest BCUT2D eigenvalue weighted by Gasteiger charge is -2.30. The summed E-state index contributed by atoms with van der Waals surface area (Å²) in [5.74, 6) is 1.15. The van der Waals surface area contributed by atoms with E-state index in [-0.39, 0.29) is 35.8 Å². The second kappa shape index (κ2) is 12.3. The lowest BCUT2D eigenvalue weighted by Crippen LogP contribution is -2.47. The first-order valence-corrected chi connectivity index (χ1v) is 10.1. The monoisotopic (exact) mass is 500 g/mol. The van der Waals surface area contributed by atoms with Crippen molar-refractivity contribution in [2.45, 2.75) is 57.2 Å². The molecule has 3 N–H and O–H groups in total. The van der Waals surface area contributed by atoms with E-state index < -0.39 is 0 Å². The van der Waals surface area contributed by atoms with Gasteiger partial charge in [0, 0.05) is 31.6 Å². The summed E-state index contributed by atoms with van der Waals surface area (Å²) in [7, 11) is 1.78. The molecule has 2 aliphatic rings. The molecule has 1 amide bonds. The SMILES string of the molecule is CN=C(NCCOCc1ccccc1)NC1CCCC(C(=O)NC2CC2)C1.I. The topological polar surface area (TPSA) is 74.8 Å². The molecule has 2 unspecified atom stereocenters. The summed E-state index contributed by atoms with van der Waals surface area (Å²) in [5, 5.41) is 9.92. The minimum atomic E-state index is 0. The number of halogens is 1. The first-order chi connectivity index (χ1) is 13.2. The molecule has 2 saturated carbocycles. The largest absolute Gasteiger partial charge is 0.375 e. The highest BCUT2D eigenvalue weighted by atomic mass is 127. The number of ether oxygens (including phenoxy) is 1. The molecule has 0 aromatic heterocycles. The summed E-state index contributed by atoms with van der Waals surface area (Å²) >= 11 is 0. The maximum Gasteiger partial charge on any atom is 0.223 e. The zero-order valence-corrected chi connectivity index (χ0v) is 19.0. The van der Waals surface area contributed by atoms with Gasteiger partial charge in [-0.15, -0.1) is 24.0 Å². The Labute approximate surface area is 185 Å². The van der Waals surface area contributed by atoms with Crippen molar-refractivity contribution in [2.24, 2.45) is 10.9 Å². The number of aliphatic imine (C=N–C) groups is 1. The van der Waals surface area contributed by atoms with Crippen molar-refractivity contribution < 1.29 is 9.53 Å². The number of nitrogens with one attached hydrogen (secondary N) is 3. The number of benzene rings is 1. The van der Waals surface area contributed by atoms with Crippen molar-refractivity contribution >= 4 is 35.8 Å². The third-order valence-corrected chi connectivity index (χ3v) is 5.18. The minimum absolute atomic E-state index is 0. The number of carbonyl (C=O) groups excluding carboxylic acids is 1. The molecule has 0 heterocycles. The van der Waals surface area contributed by atoms with Crippen LogP contribution in [0.4, 0.5) is 0 Å². The van der Waals surface area contributed by atoms with E-state index in [9.17, 15) is 4.79 Å². The number of hydrogen-bond acceptors (Lipinski definition) is 3. The Morgan fingerprint density at radius 3 is 2.61 bits per heavy atom. The summed E-state index contributed by atoms with van der Waals surface area (Å²) in [5.41, 5.74) is 1.18. The van der Waals surface area contributed by atoms with Gasteiger partial charge in [0.2, 0.25) is 5.91 Å². The Morgan fingerprint density at radius 1 is 1.11 bits per heavy atom. The molecule has 0 aliphatic heterocycles. The lowest BCUT2D eigenvalue weighted by molar-refractivity contribution is -0.126. The van der Waals surface area contributed by atoms with E-state index in [4.69, 9.17) is 4.74 Å². The minimum Gasteiger partial charge on any atom is -0.375 e. The van der Waals surface area contributed by atoms with Crippen LogP contribution < -0.4 is 16.0 Å². The molecule has 1 aromatic carbocycles. The van der Waals surface area contributed by atoms with E-state index in [1.54, 1.807) is 7.05 Å². The molecule has 0 radical (unpaired) electrons. The van der Waals surface area contributed by atoms with Crippen molar-refractivity contribution in [1.82, 2.24) is 16.0 Å². The number of amides is 1. The second-order valence-electron chi connectivity index (χ2n) is 7.52. The number of guanidine groups is 1. The van der Waals surface area contributed by atoms with Crippen LogP contribution in [0.5, 0.6) is 0 Å². The molecule has 0 bridgehead atoms. The normalized spacial score (nSPS) is 22.1. The Hall–Kier alpha value is -1.35. The molecule has 6 nitrogen and oxygen atoms in total. The summed E-state index contributed by atoms with van der Waals surface area (Å²) in [4.78, 5) is 16.6. The van der Waals surface area contributed by atoms with Crippen molar-refractivity contribution in [3.63, 3.8) is 0 Å². The molecule has 156 valence electrons.